The minimum Gasteiger partial charge on any atom is -0.495 e. The maximum atomic E-state index is 14.8. The highest BCUT2D eigenvalue weighted by Gasteiger charge is 2.48. The summed E-state index contributed by atoms with van der Waals surface area (Å²) >= 11 is 0. The quantitative estimate of drug-likeness (QED) is 0.581. The van der Waals surface area contributed by atoms with E-state index in [1.54, 1.807) is 28.1 Å². The smallest absolute Gasteiger partial charge is 0.342 e. The molecular weight excluding hydrogens is 500 g/mol. The summed E-state index contributed by atoms with van der Waals surface area (Å²) in [5, 5.41) is 4.88. The van der Waals surface area contributed by atoms with Gasteiger partial charge in [0.1, 0.15) is 11.4 Å². The van der Waals surface area contributed by atoms with E-state index in [9.17, 15) is 18.4 Å². The van der Waals surface area contributed by atoms with Crippen LogP contribution in [0.3, 0.4) is 0 Å². The minimum atomic E-state index is -3.55. The molecule has 0 radical (unpaired) electrons. The zero-order valence-corrected chi connectivity index (χ0v) is 21.4. The lowest BCUT2D eigenvalue weighted by Gasteiger charge is -2.31. The molecule has 204 valence electrons. The SMILES string of the molecule is COc1cc(C(=O)NN2CCOCC2)ccc1Nc1ncc2c(n1)N(C1CCCC1)CC(F)(F)C(=O)N2C. The largest absolute Gasteiger partial charge is 0.495 e. The summed E-state index contributed by atoms with van der Waals surface area (Å²) in [6, 6.07) is 4.77. The van der Waals surface area contributed by atoms with Crippen LogP contribution in [0.1, 0.15) is 36.0 Å². The lowest BCUT2D eigenvalue weighted by molar-refractivity contribution is -0.140. The molecule has 11 nitrogen and oxygen atoms in total. The van der Waals surface area contributed by atoms with Crippen LogP contribution in [0.2, 0.25) is 0 Å². The van der Waals surface area contributed by atoms with E-state index in [-0.39, 0.29) is 29.4 Å². The molecule has 2 amide bonds. The fraction of sp³-hybridized carbons (Fsp3) is 0.520. The number of morpholine rings is 1. The molecule has 0 unspecified atom stereocenters. The highest BCUT2D eigenvalue weighted by Crippen LogP contribution is 2.40. The highest BCUT2D eigenvalue weighted by atomic mass is 19.3. The van der Waals surface area contributed by atoms with E-state index in [2.05, 4.69) is 20.7 Å². The van der Waals surface area contributed by atoms with Gasteiger partial charge in [-0.1, -0.05) is 12.8 Å². The molecule has 3 aliphatic rings. The van der Waals surface area contributed by atoms with Crippen LogP contribution in [0.25, 0.3) is 0 Å². The lowest BCUT2D eigenvalue weighted by atomic mass is 10.1. The lowest BCUT2D eigenvalue weighted by Crippen LogP contribution is -2.48. The number of methoxy groups -OCH3 is 1. The van der Waals surface area contributed by atoms with Gasteiger partial charge in [0.25, 0.3) is 11.8 Å². The molecule has 1 aromatic heterocycles. The molecule has 0 spiro atoms. The zero-order chi connectivity index (χ0) is 26.9. The Bertz CT molecular complexity index is 1200. The molecule has 13 heteroatoms. The van der Waals surface area contributed by atoms with E-state index in [1.807, 2.05) is 0 Å². The maximum absolute atomic E-state index is 14.8. The van der Waals surface area contributed by atoms with Crippen LogP contribution in [0.4, 0.5) is 31.9 Å². The third-order valence-electron chi connectivity index (χ3n) is 7.12. The van der Waals surface area contributed by atoms with Gasteiger partial charge in [-0.05, 0) is 31.0 Å². The van der Waals surface area contributed by atoms with E-state index in [4.69, 9.17) is 9.47 Å². The predicted octanol–water partition coefficient (Wildman–Crippen LogP) is 2.57. The number of hydrogen-bond acceptors (Lipinski definition) is 9. The Morgan fingerprint density at radius 3 is 2.66 bits per heavy atom. The average Bonchev–Trinajstić information content (AvgIpc) is 3.44. The first-order chi connectivity index (χ1) is 18.3. The van der Waals surface area contributed by atoms with E-state index < -0.39 is 18.4 Å². The summed E-state index contributed by atoms with van der Waals surface area (Å²) < 4.78 is 40.4. The number of halogens is 2. The van der Waals surface area contributed by atoms with Crippen LogP contribution in [-0.4, -0.2) is 85.8 Å². The molecule has 2 fully saturated rings. The number of fused-ring (bicyclic) bond motifs is 1. The molecule has 38 heavy (non-hydrogen) atoms. The van der Waals surface area contributed by atoms with Crippen molar-refractivity contribution in [2.75, 3.05) is 62.1 Å². The fourth-order valence-corrected chi connectivity index (χ4v) is 5.04. The average molecular weight is 532 g/mol. The number of carbonyl (C=O) groups excluding carboxylic acids is 2. The van der Waals surface area contributed by atoms with Gasteiger partial charge in [0, 0.05) is 31.7 Å². The molecular formula is C25H31F2N7O4. The highest BCUT2D eigenvalue weighted by molar-refractivity contribution is 6.02. The number of aromatic nitrogens is 2. The second-order valence-corrected chi connectivity index (χ2v) is 9.62. The Hall–Kier alpha value is -3.58. The second kappa shape index (κ2) is 10.7. The standard InChI is InChI=1S/C25H31F2N7O4/c1-32-19-14-28-24(30-21(19)34(17-5-3-4-6-17)15-25(26,27)23(32)36)29-18-8-7-16(13-20(18)37-2)22(35)31-33-9-11-38-12-10-33/h7-8,13-14,17H,3-6,9-12,15H2,1-2H3,(H,31,35)(H,28,29,30). The van der Waals surface area contributed by atoms with Gasteiger partial charge in [0.15, 0.2) is 5.82 Å². The third kappa shape index (κ3) is 5.20. The van der Waals surface area contributed by atoms with E-state index in [0.717, 1.165) is 30.6 Å². The van der Waals surface area contributed by atoms with Gasteiger partial charge in [-0.15, -0.1) is 0 Å². The number of benzene rings is 1. The normalized spacial score (nSPS) is 20.2. The number of rotatable bonds is 6. The number of alkyl halides is 2. The molecule has 1 saturated heterocycles. The number of hydrazine groups is 1. The zero-order valence-electron chi connectivity index (χ0n) is 21.4. The Balaban J connectivity index is 1.41. The minimum absolute atomic E-state index is 0.138. The molecule has 2 aliphatic heterocycles. The van der Waals surface area contributed by atoms with Crippen molar-refractivity contribution in [1.29, 1.82) is 0 Å². The summed E-state index contributed by atoms with van der Waals surface area (Å²) in [5.74, 6) is -4.30. The van der Waals surface area contributed by atoms with Crippen molar-refractivity contribution in [3.63, 3.8) is 0 Å². The van der Waals surface area contributed by atoms with Gasteiger partial charge in [-0.2, -0.15) is 13.8 Å². The maximum Gasteiger partial charge on any atom is 0.342 e. The van der Waals surface area contributed by atoms with Crippen molar-refractivity contribution in [3.8, 4) is 5.75 Å². The third-order valence-corrected chi connectivity index (χ3v) is 7.12. The summed E-state index contributed by atoms with van der Waals surface area (Å²) in [4.78, 5) is 36.6. The van der Waals surface area contributed by atoms with Gasteiger partial charge in [0.2, 0.25) is 5.95 Å². The van der Waals surface area contributed by atoms with Gasteiger partial charge < -0.3 is 24.6 Å². The van der Waals surface area contributed by atoms with Crippen molar-refractivity contribution in [3.05, 3.63) is 30.0 Å². The van der Waals surface area contributed by atoms with Crippen LogP contribution in [0, 0.1) is 0 Å². The monoisotopic (exact) mass is 531 g/mol. The molecule has 5 rings (SSSR count). The van der Waals surface area contributed by atoms with Gasteiger partial charge in [-0.3, -0.25) is 15.0 Å². The summed E-state index contributed by atoms with van der Waals surface area (Å²) in [6.07, 6.45) is 4.75. The van der Waals surface area contributed by atoms with Crippen LogP contribution >= 0.6 is 0 Å². The van der Waals surface area contributed by atoms with Crippen molar-refractivity contribution in [2.45, 2.75) is 37.6 Å². The number of amides is 2. The first-order valence-corrected chi connectivity index (χ1v) is 12.7. The molecule has 1 aromatic carbocycles. The molecule has 0 atom stereocenters. The molecule has 1 saturated carbocycles. The first kappa shape index (κ1) is 26.0. The van der Waals surface area contributed by atoms with E-state index in [1.165, 1.54) is 20.4 Å². The van der Waals surface area contributed by atoms with Crippen LogP contribution < -0.4 is 25.3 Å². The topological polar surface area (TPSA) is 112 Å². The number of carbonyl (C=O) groups is 2. The predicted molar refractivity (Wildman–Crippen MR) is 136 cm³/mol. The number of nitrogens with one attached hydrogen (secondary N) is 2. The molecule has 2 aromatic rings. The van der Waals surface area contributed by atoms with Crippen LogP contribution in [0.15, 0.2) is 24.4 Å². The Kier molecular flexibility index (Phi) is 7.30. The van der Waals surface area contributed by atoms with Crippen LogP contribution in [-0.2, 0) is 9.53 Å². The van der Waals surface area contributed by atoms with Gasteiger partial charge in [-0.25, -0.2) is 9.99 Å². The Labute approximate surface area is 219 Å². The van der Waals surface area contributed by atoms with Crippen molar-refractivity contribution in [1.82, 2.24) is 20.4 Å². The summed E-state index contributed by atoms with van der Waals surface area (Å²) in [5.41, 5.74) is 3.98. The molecule has 3 heterocycles. The first-order valence-electron chi connectivity index (χ1n) is 12.7. The molecule has 2 N–H and O–H groups in total. The Morgan fingerprint density at radius 2 is 1.95 bits per heavy atom. The number of hydrogen-bond donors (Lipinski definition) is 2. The van der Waals surface area contributed by atoms with E-state index >= 15 is 0 Å². The van der Waals surface area contributed by atoms with Gasteiger partial charge in [0.05, 0.1) is 38.8 Å². The number of nitrogens with zero attached hydrogens (tertiary/aromatic N) is 5. The summed E-state index contributed by atoms with van der Waals surface area (Å²) in [6.45, 7) is 1.56. The van der Waals surface area contributed by atoms with Crippen molar-refractivity contribution in [2.24, 2.45) is 0 Å². The fourth-order valence-electron chi connectivity index (χ4n) is 5.04. The van der Waals surface area contributed by atoms with Crippen LogP contribution in [0.5, 0.6) is 5.75 Å². The van der Waals surface area contributed by atoms with Crippen molar-refractivity contribution < 1.29 is 27.8 Å². The summed E-state index contributed by atoms with van der Waals surface area (Å²) in [7, 11) is 2.79. The number of anilines is 4. The van der Waals surface area contributed by atoms with E-state index in [0.29, 0.717) is 43.3 Å². The molecule has 0 bridgehead atoms. The number of ether oxygens (including phenoxy) is 2. The molecule has 1 aliphatic carbocycles. The Morgan fingerprint density at radius 1 is 1.21 bits per heavy atom. The second-order valence-electron chi connectivity index (χ2n) is 9.62. The van der Waals surface area contributed by atoms with Crippen molar-refractivity contribution >= 4 is 35.0 Å². The van der Waals surface area contributed by atoms with Gasteiger partial charge >= 0.3 is 5.92 Å².